The molecule has 0 aromatic heterocycles. The molecule has 0 aromatic carbocycles. The highest BCUT2D eigenvalue weighted by molar-refractivity contribution is 5.78. The van der Waals surface area contributed by atoms with Gasteiger partial charge in [-0.15, -0.1) is 0 Å². The normalized spacial score (nSPS) is 21.8. The van der Waals surface area contributed by atoms with Crippen LogP contribution < -0.4 is 0 Å². The molecule has 1 atom stereocenters. The summed E-state index contributed by atoms with van der Waals surface area (Å²) in [4.78, 5) is 11.4. The fourth-order valence-corrected chi connectivity index (χ4v) is 1.77. The first kappa shape index (κ1) is 11.7. The van der Waals surface area contributed by atoms with Gasteiger partial charge in [-0.05, 0) is 31.6 Å². The fourth-order valence-electron chi connectivity index (χ4n) is 1.77. The number of carbonyl (C=O) groups excluding carboxylic acids is 1. The minimum atomic E-state index is 0.373. The summed E-state index contributed by atoms with van der Waals surface area (Å²) in [7, 11) is 0. The van der Waals surface area contributed by atoms with Crippen LogP contribution in [0.1, 0.15) is 52.4 Å². The van der Waals surface area contributed by atoms with Crippen LogP contribution in [-0.2, 0) is 9.53 Å². The van der Waals surface area contributed by atoms with Gasteiger partial charge < -0.3 is 4.74 Å². The number of hydrogen-bond acceptors (Lipinski definition) is 2. The predicted octanol–water partition coefficient (Wildman–Crippen LogP) is 2.95. The van der Waals surface area contributed by atoms with Gasteiger partial charge in [0.15, 0.2) is 0 Å². The van der Waals surface area contributed by atoms with Gasteiger partial charge in [0.2, 0.25) is 0 Å². The second kappa shape index (κ2) is 6.18. The van der Waals surface area contributed by atoms with E-state index in [2.05, 4.69) is 13.8 Å². The molecule has 0 amide bonds. The number of ketones is 1. The van der Waals surface area contributed by atoms with Gasteiger partial charge in [0, 0.05) is 19.4 Å². The van der Waals surface area contributed by atoms with Crippen LogP contribution in [0.15, 0.2) is 0 Å². The van der Waals surface area contributed by atoms with Crippen LogP contribution in [-0.4, -0.2) is 18.5 Å². The van der Waals surface area contributed by atoms with Crippen molar-refractivity contribution in [3.63, 3.8) is 0 Å². The third kappa shape index (κ3) is 4.75. The second-order valence-electron chi connectivity index (χ2n) is 4.64. The molecular formula is C12H22O2. The molecule has 0 aromatic rings. The average molecular weight is 198 g/mol. The molecule has 0 bridgehead atoms. The lowest BCUT2D eigenvalue weighted by molar-refractivity contribution is -0.119. The van der Waals surface area contributed by atoms with Crippen molar-refractivity contribution in [3.8, 4) is 0 Å². The van der Waals surface area contributed by atoms with Crippen molar-refractivity contribution < 1.29 is 9.53 Å². The summed E-state index contributed by atoms with van der Waals surface area (Å²) < 4.78 is 5.48. The zero-order chi connectivity index (χ0) is 10.4. The summed E-state index contributed by atoms with van der Waals surface area (Å²) in [6.07, 6.45) is 6.14. The molecule has 1 heterocycles. The third-order valence-corrected chi connectivity index (χ3v) is 2.77. The third-order valence-electron chi connectivity index (χ3n) is 2.77. The van der Waals surface area contributed by atoms with E-state index >= 15 is 0 Å². The predicted molar refractivity (Wildman–Crippen MR) is 57.3 cm³/mol. The molecule has 82 valence electrons. The first-order valence-electron chi connectivity index (χ1n) is 5.82. The summed E-state index contributed by atoms with van der Waals surface area (Å²) in [5.41, 5.74) is 0. The van der Waals surface area contributed by atoms with Crippen LogP contribution in [0.25, 0.3) is 0 Å². The lowest BCUT2D eigenvalue weighted by Crippen LogP contribution is -2.09. The Labute approximate surface area is 87.0 Å². The lowest BCUT2D eigenvalue weighted by atomic mass is 10.0. The van der Waals surface area contributed by atoms with E-state index in [0.717, 1.165) is 38.7 Å². The number of rotatable bonds is 6. The highest BCUT2D eigenvalue weighted by Gasteiger charge is 2.16. The molecule has 1 rings (SSSR count). The minimum Gasteiger partial charge on any atom is -0.378 e. The van der Waals surface area contributed by atoms with Crippen molar-refractivity contribution in [2.45, 2.75) is 58.5 Å². The van der Waals surface area contributed by atoms with E-state index in [-0.39, 0.29) is 0 Å². The molecule has 1 fully saturated rings. The number of Topliss-reactive ketones (excluding diaryl/α,β-unsaturated/α-hetero) is 1. The SMILES string of the molecule is CC(C)CCC(=O)CCC1CCCO1. The molecule has 0 saturated carbocycles. The maximum absolute atomic E-state index is 11.4. The molecule has 1 unspecified atom stereocenters. The molecule has 2 nitrogen and oxygen atoms in total. The molecule has 0 aliphatic carbocycles. The summed E-state index contributed by atoms with van der Waals surface area (Å²) in [5.74, 6) is 1.05. The zero-order valence-corrected chi connectivity index (χ0v) is 9.42. The maximum atomic E-state index is 11.4. The Morgan fingerprint density at radius 3 is 2.79 bits per heavy atom. The maximum Gasteiger partial charge on any atom is 0.133 e. The van der Waals surface area contributed by atoms with E-state index in [0.29, 0.717) is 17.8 Å². The molecular weight excluding hydrogens is 176 g/mol. The van der Waals surface area contributed by atoms with Crippen molar-refractivity contribution in [3.05, 3.63) is 0 Å². The zero-order valence-electron chi connectivity index (χ0n) is 9.42. The van der Waals surface area contributed by atoms with Crippen LogP contribution in [0.5, 0.6) is 0 Å². The van der Waals surface area contributed by atoms with Crippen molar-refractivity contribution in [1.82, 2.24) is 0 Å². The van der Waals surface area contributed by atoms with Gasteiger partial charge in [-0.1, -0.05) is 13.8 Å². The van der Waals surface area contributed by atoms with E-state index < -0.39 is 0 Å². The van der Waals surface area contributed by atoms with E-state index in [4.69, 9.17) is 4.74 Å². The Kier molecular flexibility index (Phi) is 5.16. The van der Waals surface area contributed by atoms with E-state index in [9.17, 15) is 4.79 Å². The highest BCUT2D eigenvalue weighted by Crippen LogP contribution is 2.17. The van der Waals surface area contributed by atoms with Gasteiger partial charge in [0.05, 0.1) is 6.10 Å². The van der Waals surface area contributed by atoms with E-state index in [1.807, 2.05) is 0 Å². The molecule has 1 aliphatic rings. The minimum absolute atomic E-state index is 0.373. The van der Waals surface area contributed by atoms with Gasteiger partial charge >= 0.3 is 0 Å². The van der Waals surface area contributed by atoms with Gasteiger partial charge in [-0.3, -0.25) is 4.79 Å². The van der Waals surface area contributed by atoms with Gasteiger partial charge in [-0.2, -0.15) is 0 Å². The average Bonchev–Trinajstić information content (AvgIpc) is 2.63. The summed E-state index contributed by atoms with van der Waals surface area (Å²) in [6.45, 7) is 5.21. The second-order valence-corrected chi connectivity index (χ2v) is 4.64. The monoisotopic (exact) mass is 198 g/mol. The topological polar surface area (TPSA) is 26.3 Å². The fraction of sp³-hybridized carbons (Fsp3) is 0.917. The van der Waals surface area contributed by atoms with Crippen LogP contribution in [0.2, 0.25) is 0 Å². The smallest absolute Gasteiger partial charge is 0.133 e. The van der Waals surface area contributed by atoms with Crippen LogP contribution >= 0.6 is 0 Å². The van der Waals surface area contributed by atoms with Gasteiger partial charge in [0.1, 0.15) is 5.78 Å². The largest absolute Gasteiger partial charge is 0.378 e. The molecule has 0 N–H and O–H groups in total. The van der Waals surface area contributed by atoms with Crippen molar-refractivity contribution in [2.24, 2.45) is 5.92 Å². The number of carbonyl (C=O) groups is 1. The Morgan fingerprint density at radius 2 is 2.21 bits per heavy atom. The number of hydrogen-bond donors (Lipinski definition) is 0. The van der Waals surface area contributed by atoms with Gasteiger partial charge in [-0.25, -0.2) is 0 Å². The van der Waals surface area contributed by atoms with Crippen molar-refractivity contribution in [1.29, 1.82) is 0 Å². The van der Waals surface area contributed by atoms with Crippen LogP contribution in [0.3, 0.4) is 0 Å². The quantitative estimate of drug-likeness (QED) is 0.656. The lowest BCUT2D eigenvalue weighted by Gasteiger charge is -2.08. The number of ether oxygens (including phenoxy) is 1. The molecule has 2 heteroatoms. The van der Waals surface area contributed by atoms with E-state index in [1.54, 1.807) is 0 Å². The Hall–Kier alpha value is -0.370. The Bertz CT molecular complexity index is 169. The summed E-state index contributed by atoms with van der Waals surface area (Å²) in [6, 6.07) is 0. The Morgan fingerprint density at radius 1 is 1.43 bits per heavy atom. The van der Waals surface area contributed by atoms with Crippen LogP contribution in [0, 0.1) is 5.92 Å². The molecule has 0 spiro atoms. The first-order chi connectivity index (χ1) is 6.68. The van der Waals surface area contributed by atoms with Crippen molar-refractivity contribution in [2.75, 3.05) is 6.61 Å². The van der Waals surface area contributed by atoms with Crippen LogP contribution in [0.4, 0.5) is 0 Å². The molecule has 1 aliphatic heterocycles. The standard InChI is InChI=1S/C12H22O2/c1-10(2)5-6-11(13)7-8-12-4-3-9-14-12/h10,12H,3-9H2,1-2H3. The molecule has 0 radical (unpaired) electrons. The molecule has 14 heavy (non-hydrogen) atoms. The van der Waals surface area contributed by atoms with E-state index in [1.165, 1.54) is 6.42 Å². The summed E-state index contributed by atoms with van der Waals surface area (Å²) in [5, 5.41) is 0. The van der Waals surface area contributed by atoms with Crippen molar-refractivity contribution >= 4 is 5.78 Å². The van der Waals surface area contributed by atoms with Gasteiger partial charge in [0.25, 0.3) is 0 Å². The Balaban J connectivity index is 2.02. The summed E-state index contributed by atoms with van der Waals surface area (Å²) >= 11 is 0. The highest BCUT2D eigenvalue weighted by atomic mass is 16.5. The first-order valence-corrected chi connectivity index (χ1v) is 5.82. The molecule has 1 saturated heterocycles.